The zero-order valence-corrected chi connectivity index (χ0v) is 5.09. The molecule has 3 heteroatoms. The van der Waals surface area contributed by atoms with Crippen LogP contribution in [-0.4, -0.2) is 12.2 Å². The van der Waals surface area contributed by atoms with Gasteiger partial charge in [0.2, 0.25) is 5.91 Å². The van der Waals surface area contributed by atoms with E-state index in [0.29, 0.717) is 18.4 Å². The van der Waals surface area contributed by atoms with Gasteiger partial charge in [-0.1, -0.05) is 6.58 Å². The van der Waals surface area contributed by atoms with Crippen LogP contribution in [0.5, 0.6) is 0 Å². The summed E-state index contributed by atoms with van der Waals surface area (Å²) in [5, 5.41) is 0. The van der Waals surface area contributed by atoms with E-state index in [1.165, 1.54) is 0 Å². The predicted octanol–water partition coefficient (Wildman–Crippen LogP) is 0.00700. The number of aldehydes is 1. The Morgan fingerprint density at radius 2 is 2.22 bits per heavy atom. The van der Waals surface area contributed by atoms with Gasteiger partial charge in [0.25, 0.3) is 0 Å². The average Bonchev–Trinajstić information content (AvgIpc) is 1.82. The Morgan fingerprint density at radius 3 is 2.56 bits per heavy atom. The molecule has 0 atom stereocenters. The van der Waals surface area contributed by atoms with Crippen molar-refractivity contribution in [3.8, 4) is 0 Å². The van der Waals surface area contributed by atoms with E-state index < -0.39 is 5.91 Å². The molecule has 0 bridgehead atoms. The van der Waals surface area contributed by atoms with Crippen LogP contribution in [0.1, 0.15) is 12.8 Å². The van der Waals surface area contributed by atoms with Crippen molar-refractivity contribution >= 4 is 12.2 Å². The van der Waals surface area contributed by atoms with Crippen molar-refractivity contribution < 1.29 is 9.59 Å². The van der Waals surface area contributed by atoms with Crippen molar-refractivity contribution in [1.82, 2.24) is 0 Å². The molecule has 0 rings (SSSR count). The van der Waals surface area contributed by atoms with Crippen LogP contribution in [0, 0.1) is 0 Å². The Kier molecular flexibility index (Phi) is 3.35. The highest BCUT2D eigenvalue weighted by molar-refractivity contribution is 5.91. The second kappa shape index (κ2) is 3.83. The Hall–Kier alpha value is -1.12. The van der Waals surface area contributed by atoms with Crippen LogP contribution in [0.3, 0.4) is 0 Å². The molecule has 1 amide bonds. The Labute approximate surface area is 53.5 Å². The quantitative estimate of drug-likeness (QED) is 0.427. The number of carbonyl (C=O) groups excluding carboxylic acids is 2. The van der Waals surface area contributed by atoms with Crippen molar-refractivity contribution in [1.29, 1.82) is 0 Å². The summed E-state index contributed by atoms with van der Waals surface area (Å²) in [5.41, 5.74) is 5.13. The Morgan fingerprint density at radius 1 is 1.67 bits per heavy atom. The highest BCUT2D eigenvalue weighted by Gasteiger charge is 1.98. The molecule has 9 heavy (non-hydrogen) atoms. The maximum Gasteiger partial charge on any atom is 0.244 e. The third-order valence-corrected chi connectivity index (χ3v) is 0.912. The monoisotopic (exact) mass is 127 g/mol. The summed E-state index contributed by atoms with van der Waals surface area (Å²) < 4.78 is 0. The van der Waals surface area contributed by atoms with Crippen LogP contribution in [0.25, 0.3) is 0 Å². The molecule has 0 radical (unpaired) electrons. The summed E-state index contributed by atoms with van der Waals surface area (Å²) in [4.78, 5) is 20.0. The van der Waals surface area contributed by atoms with Crippen LogP contribution in [0.2, 0.25) is 0 Å². The molecule has 50 valence electrons. The minimum Gasteiger partial charge on any atom is -0.366 e. The normalized spacial score (nSPS) is 8.44. The van der Waals surface area contributed by atoms with Crippen molar-refractivity contribution in [3.05, 3.63) is 12.2 Å². The molecule has 0 fully saturated rings. The minimum absolute atomic E-state index is 0.308. The Bertz CT molecular complexity index is 140. The van der Waals surface area contributed by atoms with Crippen LogP contribution in [0.15, 0.2) is 12.2 Å². The molecule has 0 unspecified atom stereocenters. The fourth-order valence-corrected chi connectivity index (χ4v) is 0.356. The fourth-order valence-electron chi connectivity index (χ4n) is 0.356. The maximum absolute atomic E-state index is 10.2. The van der Waals surface area contributed by atoms with Gasteiger partial charge in [0.15, 0.2) is 0 Å². The SMILES string of the molecule is C=C(CCC=O)C(N)=O. The van der Waals surface area contributed by atoms with Crippen LogP contribution < -0.4 is 5.73 Å². The largest absolute Gasteiger partial charge is 0.366 e. The number of nitrogens with two attached hydrogens (primary N) is 1. The third-order valence-electron chi connectivity index (χ3n) is 0.912. The molecule has 0 spiro atoms. The van der Waals surface area contributed by atoms with E-state index in [0.717, 1.165) is 6.29 Å². The first-order valence-electron chi connectivity index (χ1n) is 2.59. The van der Waals surface area contributed by atoms with Gasteiger partial charge in [-0.3, -0.25) is 4.79 Å². The summed E-state index contributed by atoms with van der Waals surface area (Å²) in [5.74, 6) is -0.531. The number of hydrogen-bond donors (Lipinski definition) is 1. The molecule has 0 saturated carbocycles. The second-order valence-corrected chi connectivity index (χ2v) is 1.67. The van der Waals surface area contributed by atoms with E-state index >= 15 is 0 Å². The highest BCUT2D eigenvalue weighted by atomic mass is 16.1. The van der Waals surface area contributed by atoms with Crippen molar-refractivity contribution in [2.45, 2.75) is 12.8 Å². The first-order valence-corrected chi connectivity index (χ1v) is 2.59. The van der Waals surface area contributed by atoms with E-state index in [9.17, 15) is 9.59 Å². The number of primary amides is 1. The number of rotatable bonds is 4. The van der Waals surface area contributed by atoms with E-state index in [1.807, 2.05) is 0 Å². The molecular formula is C6H9NO2. The van der Waals surface area contributed by atoms with Crippen LogP contribution >= 0.6 is 0 Å². The Balaban J connectivity index is 3.51. The number of hydrogen-bond acceptors (Lipinski definition) is 2. The van der Waals surface area contributed by atoms with E-state index in [4.69, 9.17) is 5.73 Å². The van der Waals surface area contributed by atoms with E-state index in [-0.39, 0.29) is 0 Å². The first kappa shape index (κ1) is 7.88. The molecule has 3 nitrogen and oxygen atoms in total. The van der Waals surface area contributed by atoms with Gasteiger partial charge in [-0.2, -0.15) is 0 Å². The lowest BCUT2D eigenvalue weighted by molar-refractivity contribution is -0.114. The van der Waals surface area contributed by atoms with Crippen molar-refractivity contribution in [2.24, 2.45) is 5.73 Å². The summed E-state index contributed by atoms with van der Waals surface area (Å²) in [6.07, 6.45) is 1.43. The van der Waals surface area contributed by atoms with Crippen LogP contribution in [-0.2, 0) is 9.59 Å². The lowest BCUT2D eigenvalue weighted by Gasteiger charge is -1.93. The fraction of sp³-hybridized carbons (Fsp3) is 0.333. The molecule has 0 saturated heterocycles. The summed E-state index contributed by atoms with van der Waals surface area (Å²) >= 11 is 0. The second-order valence-electron chi connectivity index (χ2n) is 1.67. The number of amides is 1. The lowest BCUT2D eigenvalue weighted by atomic mass is 10.2. The standard InChI is InChI=1S/C6H9NO2/c1-5(6(7)9)3-2-4-8/h4H,1-3H2,(H2,7,9). The zero-order chi connectivity index (χ0) is 7.28. The van der Waals surface area contributed by atoms with Gasteiger partial charge < -0.3 is 10.5 Å². The summed E-state index contributed by atoms with van der Waals surface area (Å²) in [6, 6.07) is 0. The van der Waals surface area contributed by atoms with Gasteiger partial charge in [-0.05, 0) is 6.42 Å². The summed E-state index contributed by atoms with van der Waals surface area (Å²) in [7, 11) is 0. The van der Waals surface area contributed by atoms with Gasteiger partial charge in [0.05, 0.1) is 0 Å². The lowest BCUT2D eigenvalue weighted by Crippen LogP contribution is -2.12. The maximum atomic E-state index is 10.2. The van der Waals surface area contributed by atoms with E-state index in [1.54, 1.807) is 0 Å². The molecule has 0 aliphatic heterocycles. The number of carbonyl (C=O) groups is 2. The van der Waals surface area contributed by atoms with Gasteiger partial charge in [-0.15, -0.1) is 0 Å². The molecular weight excluding hydrogens is 118 g/mol. The molecule has 0 aliphatic carbocycles. The molecule has 0 aromatic heterocycles. The van der Waals surface area contributed by atoms with Gasteiger partial charge >= 0.3 is 0 Å². The summed E-state index contributed by atoms with van der Waals surface area (Å²) in [6.45, 7) is 3.36. The van der Waals surface area contributed by atoms with Gasteiger partial charge in [0, 0.05) is 12.0 Å². The smallest absolute Gasteiger partial charge is 0.244 e. The van der Waals surface area contributed by atoms with Crippen molar-refractivity contribution in [3.63, 3.8) is 0 Å². The molecule has 0 heterocycles. The molecule has 0 aromatic carbocycles. The van der Waals surface area contributed by atoms with Gasteiger partial charge in [-0.25, -0.2) is 0 Å². The molecule has 0 aliphatic rings. The third kappa shape index (κ3) is 3.46. The first-order chi connectivity index (χ1) is 4.18. The topological polar surface area (TPSA) is 60.2 Å². The average molecular weight is 127 g/mol. The van der Waals surface area contributed by atoms with Crippen LogP contribution in [0.4, 0.5) is 0 Å². The molecule has 0 aromatic rings. The predicted molar refractivity (Wildman–Crippen MR) is 33.6 cm³/mol. The van der Waals surface area contributed by atoms with E-state index in [2.05, 4.69) is 6.58 Å². The van der Waals surface area contributed by atoms with Crippen molar-refractivity contribution in [2.75, 3.05) is 0 Å². The van der Waals surface area contributed by atoms with Gasteiger partial charge in [0.1, 0.15) is 6.29 Å². The minimum atomic E-state index is -0.531. The molecule has 2 N–H and O–H groups in total. The zero-order valence-electron chi connectivity index (χ0n) is 5.09. The highest BCUT2D eigenvalue weighted by Crippen LogP contribution is 1.97.